The highest BCUT2D eigenvalue weighted by molar-refractivity contribution is 5.95. The van der Waals surface area contributed by atoms with Crippen LogP contribution in [-0.2, 0) is 4.79 Å². The first kappa shape index (κ1) is 11.9. The number of aromatic amines is 1. The molecule has 0 radical (unpaired) electrons. The van der Waals surface area contributed by atoms with Crippen LogP contribution in [0.4, 0.5) is 19.0 Å². The number of H-pyrrole nitrogens is 1. The summed E-state index contributed by atoms with van der Waals surface area (Å²) < 4.78 is 38.9. The first-order valence-electron chi connectivity index (χ1n) is 5.04. The van der Waals surface area contributed by atoms with E-state index in [1.165, 1.54) is 12.3 Å². The number of nitrogens with one attached hydrogen (secondary N) is 3. The predicted molar refractivity (Wildman–Crippen MR) is 53.2 cm³/mol. The minimum atomic E-state index is -4.57. The van der Waals surface area contributed by atoms with Crippen LogP contribution in [0.2, 0.25) is 0 Å². The van der Waals surface area contributed by atoms with Gasteiger partial charge in [0.15, 0.2) is 5.41 Å². The second kappa shape index (κ2) is 4.02. The molecule has 1 fully saturated rings. The van der Waals surface area contributed by atoms with Crippen LogP contribution < -0.4 is 10.6 Å². The first-order chi connectivity index (χ1) is 7.96. The Kier molecular flexibility index (Phi) is 2.82. The summed E-state index contributed by atoms with van der Waals surface area (Å²) in [6.45, 7) is -0.216. The summed E-state index contributed by atoms with van der Waals surface area (Å²) in [5, 5.41) is 10.7. The van der Waals surface area contributed by atoms with Crippen LogP contribution in [0.5, 0.6) is 0 Å². The van der Waals surface area contributed by atoms with Gasteiger partial charge in [0.25, 0.3) is 0 Å². The monoisotopic (exact) mass is 248 g/mol. The molecule has 0 spiro atoms. The van der Waals surface area contributed by atoms with E-state index in [0.717, 1.165) is 0 Å². The van der Waals surface area contributed by atoms with Gasteiger partial charge in [0.1, 0.15) is 5.82 Å². The molecule has 1 amide bonds. The van der Waals surface area contributed by atoms with E-state index in [4.69, 9.17) is 0 Å². The van der Waals surface area contributed by atoms with Crippen molar-refractivity contribution in [2.45, 2.75) is 12.6 Å². The van der Waals surface area contributed by atoms with E-state index in [1.807, 2.05) is 0 Å². The molecular weight excluding hydrogens is 237 g/mol. The van der Waals surface area contributed by atoms with Crippen molar-refractivity contribution in [2.24, 2.45) is 5.41 Å². The normalized spacial score (nSPS) is 24.9. The molecule has 1 aliphatic heterocycles. The Bertz CT molecular complexity index is 395. The Morgan fingerprint density at radius 3 is 2.76 bits per heavy atom. The number of alkyl halides is 3. The average molecular weight is 248 g/mol. The molecule has 1 aromatic heterocycles. The van der Waals surface area contributed by atoms with Crippen molar-refractivity contribution < 1.29 is 18.0 Å². The number of hydrogen-bond acceptors (Lipinski definition) is 3. The Morgan fingerprint density at radius 2 is 2.29 bits per heavy atom. The highest BCUT2D eigenvalue weighted by Gasteiger charge is 2.61. The summed E-state index contributed by atoms with van der Waals surface area (Å²) in [5.74, 6) is -0.898. The number of rotatable bonds is 2. The molecule has 1 aromatic rings. The molecule has 1 saturated heterocycles. The topological polar surface area (TPSA) is 69.8 Å². The molecule has 0 aliphatic carbocycles. The van der Waals surface area contributed by atoms with Gasteiger partial charge in [-0.25, -0.2) is 0 Å². The number of carbonyl (C=O) groups excluding carboxylic acids is 1. The lowest BCUT2D eigenvalue weighted by molar-refractivity contribution is -0.213. The van der Waals surface area contributed by atoms with Gasteiger partial charge < -0.3 is 10.6 Å². The summed E-state index contributed by atoms with van der Waals surface area (Å²) in [7, 11) is 0. The number of anilines is 1. The van der Waals surface area contributed by atoms with E-state index in [2.05, 4.69) is 20.8 Å². The Labute approximate surface area is 94.8 Å². The Balaban J connectivity index is 2.20. The predicted octanol–water partition coefficient (Wildman–Crippen LogP) is 0.890. The lowest BCUT2D eigenvalue weighted by Crippen LogP contribution is -2.49. The molecular formula is C9H11F3N4O. The van der Waals surface area contributed by atoms with Crippen LogP contribution in [0.15, 0.2) is 12.3 Å². The van der Waals surface area contributed by atoms with Crippen LogP contribution in [0, 0.1) is 5.41 Å². The average Bonchev–Trinajstić information content (AvgIpc) is 2.85. The van der Waals surface area contributed by atoms with Crippen LogP contribution in [0.25, 0.3) is 0 Å². The van der Waals surface area contributed by atoms with Crippen molar-refractivity contribution in [1.29, 1.82) is 0 Å². The standard InChI is InChI=1S/C9H11F3N4O/c10-9(11,12)8(2-4-13-5-8)7(17)15-6-1-3-14-16-6/h1,3,13H,2,4-5H2,(H2,14,15,16,17). The number of halogens is 3. The van der Waals surface area contributed by atoms with E-state index in [9.17, 15) is 18.0 Å². The summed E-state index contributed by atoms with van der Waals surface area (Å²) in [6.07, 6.45) is -3.47. The van der Waals surface area contributed by atoms with E-state index in [1.54, 1.807) is 0 Å². The number of carbonyl (C=O) groups is 1. The van der Waals surface area contributed by atoms with Gasteiger partial charge in [-0.05, 0) is 13.0 Å². The van der Waals surface area contributed by atoms with Gasteiger partial charge in [0, 0.05) is 12.6 Å². The number of amides is 1. The van der Waals surface area contributed by atoms with Crippen molar-refractivity contribution in [1.82, 2.24) is 15.5 Å². The Morgan fingerprint density at radius 1 is 1.53 bits per heavy atom. The van der Waals surface area contributed by atoms with Gasteiger partial charge in [-0.15, -0.1) is 0 Å². The molecule has 3 N–H and O–H groups in total. The van der Waals surface area contributed by atoms with Gasteiger partial charge in [-0.2, -0.15) is 18.3 Å². The van der Waals surface area contributed by atoms with Gasteiger partial charge in [-0.3, -0.25) is 9.89 Å². The van der Waals surface area contributed by atoms with Crippen LogP contribution in [-0.4, -0.2) is 35.4 Å². The zero-order valence-corrected chi connectivity index (χ0v) is 8.77. The maximum atomic E-state index is 13.0. The summed E-state index contributed by atoms with van der Waals surface area (Å²) in [4.78, 5) is 11.8. The second-order valence-electron chi connectivity index (χ2n) is 3.93. The molecule has 2 heterocycles. The molecule has 0 aromatic carbocycles. The van der Waals surface area contributed by atoms with Crippen LogP contribution >= 0.6 is 0 Å². The summed E-state index contributed by atoms with van der Waals surface area (Å²) >= 11 is 0. The van der Waals surface area contributed by atoms with Crippen LogP contribution in [0.3, 0.4) is 0 Å². The molecule has 1 atom stereocenters. The van der Waals surface area contributed by atoms with Crippen molar-refractivity contribution in [3.63, 3.8) is 0 Å². The van der Waals surface area contributed by atoms with Gasteiger partial charge in [0.2, 0.25) is 5.91 Å². The molecule has 0 saturated carbocycles. The summed E-state index contributed by atoms with van der Waals surface area (Å²) in [6, 6.07) is 1.39. The third kappa shape index (κ3) is 1.99. The van der Waals surface area contributed by atoms with Gasteiger partial charge >= 0.3 is 6.18 Å². The zero-order valence-electron chi connectivity index (χ0n) is 8.77. The highest BCUT2D eigenvalue weighted by atomic mass is 19.4. The van der Waals surface area contributed by atoms with E-state index < -0.39 is 24.0 Å². The molecule has 5 nitrogen and oxygen atoms in total. The number of nitrogens with zero attached hydrogens (tertiary/aromatic N) is 1. The minimum Gasteiger partial charge on any atom is -0.315 e. The lowest BCUT2D eigenvalue weighted by Gasteiger charge is -2.28. The van der Waals surface area contributed by atoms with Gasteiger partial charge in [-0.1, -0.05) is 0 Å². The Hall–Kier alpha value is -1.57. The fraction of sp³-hybridized carbons (Fsp3) is 0.556. The maximum Gasteiger partial charge on any atom is 0.404 e. The fourth-order valence-electron chi connectivity index (χ4n) is 1.82. The number of aromatic nitrogens is 2. The molecule has 8 heteroatoms. The molecule has 0 bridgehead atoms. The SMILES string of the molecule is O=C(Nc1ccn[nH]1)C1(C(F)(F)F)CCNC1. The number of hydrogen-bond donors (Lipinski definition) is 3. The van der Waals surface area contributed by atoms with E-state index in [0.29, 0.717) is 0 Å². The lowest BCUT2D eigenvalue weighted by atomic mass is 9.85. The third-order valence-electron chi connectivity index (χ3n) is 2.88. The molecule has 1 unspecified atom stereocenters. The highest BCUT2D eigenvalue weighted by Crippen LogP contribution is 2.43. The fourth-order valence-corrected chi connectivity index (χ4v) is 1.82. The van der Waals surface area contributed by atoms with Crippen molar-refractivity contribution in [3.05, 3.63) is 12.3 Å². The van der Waals surface area contributed by atoms with Crippen LogP contribution in [0.1, 0.15) is 6.42 Å². The molecule has 2 rings (SSSR count). The van der Waals surface area contributed by atoms with Crippen molar-refractivity contribution in [3.8, 4) is 0 Å². The van der Waals surface area contributed by atoms with E-state index >= 15 is 0 Å². The molecule has 94 valence electrons. The largest absolute Gasteiger partial charge is 0.404 e. The minimum absolute atomic E-state index is 0.158. The maximum absolute atomic E-state index is 13.0. The third-order valence-corrected chi connectivity index (χ3v) is 2.88. The second-order valence-corrected chi connectivity index (χ2v) is 3.93. The molecule has 17 heavy (non-hydrogen) atoms. The summed E-state index contributed by atoms with van der Waals surface area (Å²) in [5.41, 5.74) is -2.35. The first-order valence-corrected chi connectivity index (χ1v) is 5.04. The zero-order chi connectivity index (χ0) is 12.5. The van der Waals surface area contributed by atoms with E-state index in [-0.39, 0.29) is 18.8 Å². The molecule has 1 aliphatic rings. The van der Waals surface area contributed by atoms with Crippen molar-refractivity contribution >= 4 is 11.7 Å². The van der Waals surface area contributed by atoms with Crippen molar-refractivity contribution in [2.75, 3.05) is 18.4 Å². The quantitative estimate of drug-likeness (QED) is 0.728. The smallest absolute Gasteiger partial charge is 0.315 e. The van der Waals surface area contributed by atoms with Gasteiger partial charge in [0.05, 0.1) is 6.20 Å².